The largest absolute Gasteiger partial charge is 0.467 e. The molecule has 4 heteroatoms. The number of piperidine rings is 1. The van der Waals surface area contributed by atoms with Gasteiger partial charge in [0.15, 0.2) is 5.72 Å². The molecule has 1 aromatic rings. The van der Waals surface area contributed by atoms with E-state index in [0.29, 0.717) is 6.04 Å². The summed E-state index contributed by atoms with van der Waals surface area (Å²) in [6.07, 6.45) is 12.4. The molecule has 4 rings (SSSR count). The van der Waals surface area contributed by atoms with Crippen LogP contribution < -0.4 is 4.74 Å². The molecule has 2 aliphatic heterocycles. The van der Waals surface area contributed by atoms with Crippen molar-refractivity contribution >= 4 is 37.9 Å². The molecule has 130 valence electrons. The van der Waals surface area contributed by atoms with Crippen LogP contribution >= 0.6 is 31.9 Å². The molecular weight excluding hydrogens is 430 g/mol. The number of nitrogens with zero attached hydrogens (tertiary/aromatic N) is 1. The van der Waals surface area contributed by atoms with Crippen LogP contribution in [0.25, 0.3) is 6.08 Å². The summed E-state index contributed by atoms with van der Waals surface area (Å²) < 4.78 is 9.02. The first kappa shape index (κ1) is 17.1. The lowest BCUT2D eigenvalue weighted by Gasteiger charge is -2.53. The zero-order chi connectivity index (χ0) is 16.7. The van der Waals surface area contributed by atoms with Crippen molar-refractivity contribution in [2.45, 2.75) is 70.1 Å². The highest BCUT2D eigenvalue weighted by Crippen LogP contribution is 2.50. The molecule has 0 radical (unpaired) electrons. The van der Waals surface area contributed by atoms with Gasteiger partial charge in [-0.2, -0.15) is 0 Å². The van der Waals surface area contributed by atoms with Gasteiger partial charge in [-0.25, -0.2) is 0 Å². The number of benzene rings is 1. The maximum atomic E-state index is 6.87. The zero-order valence-corrected chi connectivity index (χ0v) is 17.5. The number of hydrogen-bond acceptors (Lipinski definition) is 2. The van der Waals surface area contributed by atoms with Gasteiger partial charge in [-0.15, -0.1) is 0 Å². The molecule has 2 atom stereocenters. The molecular formula is C20H25Br2NO. The number of ether oxygens (including phenoxy) is 1. The van der Waals surface area contributed by atoms with Crippen LogP contribution in [0.1, 0.15) is 63.9 Å². The number of likely N-dealkylation sites (tertiary alicyclic amines) is 1. The smallest absolute Gasteiger partial charge is 0.186 e. The van der Waals surface area contributed by atoms with Gasteiger partial charge in [0.25, 0.3) is 0 Å². The lowest BCUT2D eigenvalue weighted by atomic mass is 9.80. The number of fused-ring (bicyclic) bond motifs is 2. The first-order valence-corrected chi connectivity index (χ1v) is 10.9. The molecule has 24 heavy (non-hydrogen) atoms. The molecule has 0 N–H and O–H groups in total. The monoisotopic (exact) mass is 453 g/mol. The van der Waals surface area contributed by atoms with E-state index in [1.54, 1.807) is 0 Å². The summed E-state index contributed by atoms with van der Waals surface area (Å²) in [5, 5.41) is 0. The average molecular weight is 455 g/mol. The third-order valence-electron chi connectivity index (χ3n) is 5.91. The zero-order valence-electron chi connectivity index (χ0n) is 14.3. The van der Waals surface area contributed by atoms with Gasteiger partial charge in [0, 0.05) is 29.0 Å². The molecule has 0 bridgehead atoms. The Balaban J connectivity index is 1.81. The molecule has 2 unspecified atom stereocenters. The molecule has 2 nitrogen and oxygen atoms in total. The van der Waals surface area contributed by atoms with Crippen molar-refractivity contribution in [3.8, 4) is 5.75 Å². The Bertz CT molecular complexity index is 672. The van der Waals surface area contributed by atoms with Crippen molar-refractivity contribution in [1.82, 2.24) is 4.90 Å². The Morgan fingerprint density at radius 1 is 1.21 bits per heavy atom. The van der Waals surface area contributed by atoms with Crippen LogP contribution in [0.15, 0.2) is 26.7 Å². The Hall–Kier alpha value is -0.320. The molecule has 3 aliphatic rings. The number of hydrogen-bond donors (Lipinski definition) is 0. The second kappa shape index (κ2) is 6.77. The van der Waals surface area contributed by atoms with Crippen LogP contribution in [0.2, 0.25) is 0 Å². The van der Waals surface area contributed by atoms with E-state index in [1.165, 1.54) is 56.2 Å². The van der Waals surface area contributed by atoms with Crippen LogP contribution in [-0.2, 0) is 0 Å². The van der Waals surface area contributed by atoms with Gasteiger partial charge in [-0.3, -0.25) is 4.90 Å². The predicted molar refractivity (Wildman–Crippen MR) is 106 cm³/mol. The molecule has 0 aromatic heterocycles. The second-order valence-electron chi connectivity index (χ2n) is 7.32. The first-order chi connectivity index (χ1) is 11.6. The highest BCUT2D eigenvalue weighted by atomic mass is 79.9. The van der Waals surface area contributed by atoms with Crippen molar-refractivity contribution in [3.05, 3.63) is 32.2 Å². The van der Waals surface area contributed by atoms with Crippen LogP contribution in [0.4, 0.5) is 0 Å². The fourth-order valence-electron chi connectivity index (χ4n) is 4.78. The third-order valence-corrected chi connectivity index (χ3v) is 6.96. The fourth-order valence-corrected chi connectivity index (χ4v) is 6.12. The Kier molecular flexibility index (Phi) is 4.83. The maximum Gasteiger partial charge on any atom is 0.186 e. The maximum absolute atomic E-state index is 6.87. The normalized spacial score (nSPS) is 30.1. The summed E-state index contributed by atoms with van der Waals surface area (Å²) >= 11 is 7.34. The van der Waals surface area contributed by atoms with Crippen LogP contribution in [-0.4, -0.2) is 23.2 Å². The minimum atomic E-state index is -0.206. The van der Waals surface area contributed by atoms with E-state index in [0.717, 1.165) is 27.5 Å². The van der Waals surface area contributed by atoms with Crippen LogP contribution in [0.5, 0.6) is 5.75 Å². The van der Waals surface area contributed by atoms with E-state index in [9.17, 15) is 0 Å². The Morgan fingerprint density at radius 3 is 2.92 bits per heavy atom. The number of halogens is 2. The molecule has 1 aromatic carbocycles. The highest BCUT2D eigenvalue weighted by molar-refractivity contribution is 9.11. The van der Waals surface area contributed by atoms with Gasteiger partial charge in [0.2, 0.25) is 0 Å². The van der Waals surface area contributed by atoms with Gasteiger partial charge < -0.3 is 4.74 Å². The highest BCUT2D eigenvalue weighted by Gasteiger charge is 2.49. The second-order valence-corrected chi connectivity index (χ2v) is 9.09. The minimum Gasteiger partial charge on any atom is -0.467 e. The average Bonchev–Trinajstić information content (AvgIpc) is 2.60. The van der Waals surface area contributed by atoms with Gasteiger partial charge in [0.1, 0.15) is 5.75 Å². The summed E-state index contributed by atoms with van der Waals surface area (Å²) in [4.78, 5) is 2.71. The summed E-state index contributed by atoms with van der Waals surface area (Å²) in [6, 6.07) is 4.93. The summed E-state index contributed by atoms with van der Waals surface area (Å²) in [5.74, 6) is 1.02. The lowest BCUT2D eigenvalue weighted by Crippen LogP contribution is -2.61. The lowest BCUT2D eigenvalue weighted by molar-refractivity contribution is -0.108. The van der Waals surface area contributed by atoms with Crippen LogP contribution in [0, 0.1) is 0 Å². The summed E-state index contributed by atoms with van der Waals surface area (Å²) in [5.41, 5.74) is 2.49. The van der Waals surface area contributed by atoms with Gasteiger partial charge >= 0.3 is 0 Å². The molecule has 0 spiro atoms. The standard InChI is InChI=1S/C20H25Br2NO/c1-2-17-8-4-6-10-23(17)20-9-5-3-7-15(20)11-14-12-16(21)13-18(22)19(14)24-20/h11-13,17H,2-10H2,1H3. The van der Waals surface area contributed by atoms with Gasteiger partial charge in [-0.05, 0) is 78.2 Å². The van der Waals surface area contributed by atoms with E-state index < -0.39 is 0 Å². The first-order valence-electron chi connectivity index (χ1n) is 9.30. The predicted octanol–water partition coefficient (Wildman–Crippen LogP) is 6.52. The molecule has 0 amide bonds. The van der Waals surface area contributed by atoms with Crippen molar-refractivity contribution in [2.75, 3.05) is 6.54 Å². The molecule has 2 fully saturated rings. The summed E-state index contributed by atoms with van der Waals surface area (Å²) in [6.45, 7) is 3.50. The van der Waals surface area contributed by atoms with Crippen molar-refractivity contribution < 1.29 is 4.74 Å². The summed E-state index contributed by atoms with van der Waals surface area (Å²) in [7, 11) is 0. The molecule has 1 aliphatic carbocycles. The van der Waals surface area contributed by atoms with Gasteiger partial charge in [0.05, 0.1) is 4.47 Å². The molecule has 2 heterocycles. The number of rotatable bonds is 2. The quantitative estimate of drug-likeness (QED) is 0.504. The van der Waals surface area contributed by atoms with E-state index in [4.69, 9.17) is 4.74 Å². The Morgan fingerprint density at radius 2 is 2.08 bits per heavy atom. The molecule has 1 saturated carbocycles. The van der Waals surface area contributed by atoms with E-state index >= 15 is 0 Å². The van der Waals surface area contributed by atoms with Gasteiger partial charge in [-0.1, -0.05) is 29.3 Å². The molecule has 1 saturated heterocycles. The third kappa shape index (κ3) is 2.79. The van der Waals surface area contributed by atoms with E-state index in [2.05, 4.69) is 61.9 Å². The van der Waals surface area contributed by atoms with Crippen LogP contribution in [0.3, 0.4) is 0 Å². The fraction of sp³-hybridized carbons (Fsp3) is 0.600. The van der Waals surface area contributed by atoms with E-state index in [1.807, 2.05) is 0 Å². The minimum absolute atomic E-state index is 0.206. The van der Waals surface area contributed by atoms with Crippen molar-refractivity contribution in [2.24, 2.45) is 0 Å². The van der Waals surface area contributed by atoms with Crippen molar-refractivity contribution in [1.29, 1.82) is 0 Å². The SMILES string of the molecule is CCC1CCCCN1C12CCCCC1=Cc1cc(Br)cc(Br)c1O2. The Labute approximate surface area is 161 Å². The topological polar surface area (TPSA) is 12.5 Å². The van der Waals surface area contributed by atoms with Crippen molar-refractivity contribution in [3.63, 3.8) is 0 Å². The van der Waals surface area contributed by atoms with E-state index in [-0.39, 0.29) is 5.72 Å².